The van der Waals surface area contributed by atoms with Gasteiger partial charge in [0.15, 0.2) is 0 Å². The molecule has 4 aliphatic rings. The summed E-state index contributed by atoms with van der Waals surface area (Å²) in [5.41, 5.74) is 21.3. The highest BCUT2D eigenvalue weighted by Crippen LogP contribution is 2.57. The third kappa shape index (κ3) is 2.23. The molecule has 0 spiro atoms. The van der Waals surface area contributed by atoms with E-state index in [1.54, 1.807) is 0 Å². The van der Waals surface area contributed by atoms with Crippen LogP contribution in [0.4, 0.5) is 17.1 Å². The van der Waals surface area contributed by atoms with Crippen molar-refractivity contribution in [2.24, 2.45) is 0 Å². The Morgan fingerprint density at radius 3 is 2.26 bits per heavy atom. The van der Waals surface area contributed by atoms with Gasteiger partial charge in [-0.25, -0.2) is 0 Å². The van der Waals surface area contributed by atoms with E-state index in [0.29, 0.717) is 0 Å². The van der Waals surface area contributed by atoms with Crippen molar-refractivity contribution in [3.05, 3.63) is 130 Å². The van der Waals surface area contributed by atoms with E-state index in [4.69, 9.17) is 4.98 Å². The zero-order chi connectivity index (χ0) is 22.7. The average Bonchev–Trinajstić information content (AvgIpc) is 3.46. The molecule has 2 nitrogen and oxygen atoms in total. The van der Waals surface area contributed by atoms with Crippen LogP contribution in [0.3, 0.4) is 0 Å². The Morgan fingerprint density at radius 2 is 1.31 bits per heavy atom. The van der Waals surface area contributed by atoms with Crippen molar-refractivity contribution >= 4 is 17.1 Å². The molecule has 3 heterocycles. The number of para-hydroxylation sites is 1. The Hall–Kier alpha value is -4.17. The first kappa shape index (κ1) is 18.2. The van der Waals surface area contributed by atoms with Crippen LogP contribution in [0, 0.1) is 0 Å². The third-order valence-corrected chi connectivity index (χ3v) is 8.53. The molecule has 5 aromatic rings. The van der Waals surface area contributed by atoms with E-state index in [1.165, 1.54) is 84.0 Å². The maximum atomic E-state index is 4.81. The van der Waals surface area contributed by atoms with Crippen molar-refractivity contribution in [2.45, 2.75) is 25.7 Å². The van der Waals surface area contributed by atoms with Crippen molar-refractivity contribution in [2.75, 3.05) is 4.90 Å². The Balaban J connectivity index is 1.38. The van der Waals surface area contributed by atoms with Gasteiger partial charge in [0.25, 0.3) is 0 Å². The molecular weight excluding hydrogens is 424 g/mol. The molecule has 164 valence electrons. The molecule has 2 heteroatoms. The first-order chi connectivity index (χ1) is 17.3. The van der Waals surface area contributed by atoms with Crippen molar-refractivity contribution in [3.63, 3.8) is 0 Å². The van der Waals surface area contributed by atoms with E-state index < -0.39 is 0 Å². The summed E-state index contributed by atoms with van der Waals surface area (Å²) >= 11 is 0. The molecule has 0 atom stereocenters. The lowest BCUT2D eigenvalue weighted by Crippen LogP contribution is -2.25. The van der Waals surface area contributed by atoms with Crippen molar-refractivity contribution < 1.29 is 0 Å². The van der Waals surface area contributed by atoms with Crippen LogP contribution in [0.25, 0.3) is 22.3 Å². The fourth-order valence-electron chi connectivity index (χ4n) is 7.19. The van der Waals surface area contributed by atoms with Gasteiger partial charge in [0.05, 0.1) is 17.1 Å². The van der Waals surface area contributed by atoms with Crippen LogP contribution in [-0.4, -0.2) is 4.98 Å². The van der Waals surface area contributed by atoms with Crippen molar-refractivity contribution in [3.8, 4) is 22.3 Å². The summed E-state index contributed by atoms with van der Waals surface area (Å²) in [6.07, 6.45) is 5.89. The summed E-state index contributed by atoms with van der Waals surface area (Å²) in [6, 6.07) is 29.5. The Labute approximate surface area is 204 Å². The maximum Gasteiger partial charge on any atom is 0.0688 e. The van der Waals surface area contributed by atoms with E-state index in [9.17, 15) is 0 Å². The number of benzene rings is 4. The van der Waals surface area contributed by atoms with Crippen LogP contribution < -0.4 is 4.90 Å². The molecule has 0 saturated heterocycles. The van der Waals surface area contributed by atoms with E-state index in [0.717, 1.165) is 25.7 Å². The molecule has 0 bridgehead atoms. The van der Waals surface area contributed by atoms with Crippen molar-refractivity contribution in [1.82, 2.24) is 4.98 Å². The van der Waals surface area contributed by atoms with Crippen LogP contribution in [0.5, 0.6) is 0 Å². The van der Waals surface area contributed by atoms with Gasteiger partial charge in [0, 0.05) is 24.7 Å². The van der Waals surface area contributed by atoms with Crippen molar-refractivity contribution in [1.29, 1.82) is 0 Å². The van der Waals surface area contributed by atoms with Gasteiger partial charge < -0.3 is 4.90 Å². The van der Waals surface area contributed by atoms with Crippen LogP contribution in [-0.2, 0) is 25.7 Å². The molecule has 2 aliphatic carbocycles. The van der Waals surface area contributed by atoms with E-state index in [1.807, 2.05) is 6.20 Å². The summed E-state index contributed by atoms with van der Waals surface area (Å²) in [5.74, 6) is 0. The lowest BCUT2D eigenvalue weighted by atomic mass is 9.82. The van der Waals surface area contributed by atoms with Gasteiger partial charge in [-0.05, 0) is 92.2 Å². The second-order valence-corrected chi connectivity index (χ2v) is 10.3. The van der Waals surface area contributed by atoms with Gasteiger partial charge in [0.2, 0.25) is 0 Å². The standard InChI is InChI=1S/C33H22N2/c1-3-8-25-19(6-1)14-21-11-12-22-15-23-16-24-18-27-29(10-5-13-34-27)35-28-9-4-2-7-20(28)17-26(33(24)35)31(23)32(22)30(21)25/h1-13,16H,14-15,17-18H2. The molecule has 0 saturated carbocycles. The molecule has 2 aliphatic heterocycles. The second kappa shape index (κ2) is 6.28. The predicted octanol–water partition coefficient (Wildman–Crippen LogP) is 7.50. The highest BCUT2D eigenvalue weighted by molar-refractivity contribution is 6.01. The molecule has 0 radical (unpaired) electrons. The van der Waals surface area contributed by atoms with Gasteiger partial charge in [0.1, 0.15) is 0 Å². The van der Waals surface area contributed by atoms with Gasteiger partial charge >= 0.3 is 0 Å². The van der Waals surface area contributed by atoms with E-state index in [-0.39, 0.29) is 0 Å². The van der Waals surface area contributed by atoms with Crippen LogP contribution in [0.1, 0.15) is 44.6 Å². The fourth-order valence-corrected chi connectivity index (χ4v) is 7.19. The number of rotatable bonds is 0. The topological polar surface area (TPSA) is 16.1 Å². The first-order valence-corrected chi connectivity index (χ1v) is 12.6. The highest BCUT2D eigenvalue weighted by atomic mass is 15.2. The van der Waals surface area contributed by atoms with Gasteiger partial charge in [-0.15, -0.1) is 0 Å². The number of hydrogen-bond donors (Lipinski definition) is 0. The summed E-state index contributed by atoms with van der Waals surface area (Å²) in [4.78, 5) is 7.31. The molecule has 1 aromatic heterocycles. The Morgan fingerprint density at radius 1 is 0.543 bits per heavy atom. The second-order valence-electron chi connectivity index (χ2n) is 10.3. The molecule has 4 aromatic carbocycles. The van der Waals surface area contributed by atoms with Gasteiger partial charge in [-0.2, -0.15) is 0 Å². The van der Waals surface area contributed by atoms with Crippen LogP contribution >= 0.6 is 0 Å². The largest absolute Gasteiger partial charge is 0.308 e. The zero-order valence-corrected chi connectivity index (χ0v) is 19.3. The first-order valence-electron chi connectivity index (χ1n) is 12.6. The normalized spacial score (nSPS) is 14.9. The molecule has 0 unspecified atom stereocenters. The number of aromatic nitrogens is 1. The lowest BCUT2D eigenvalue weighted by Gasteiger charge is -2.40. The fraction of sp³-hybridized carbons (Fsp3) is 0.121. The summed E-state index contributed by atoms with van der Waals surface area (Å²) in [7, 11) is 0. The predicted molar refractivity (Wildman–Crippen MR) is 141 cm³/mol. The third-order valence-electron chi connectivity index (χ3n) is 8.53. The zero-order valence-electron chi connectivity index (χ0n) is 19.3. The Kier molecular flexibility index (Phi) is 3.27. The van der Waals surface area contributed by atoms with E-state index >= 15 is 0 Å². The smallest absolute Gasteiger partial charge is 0.0688 e. The van der Waals surface area contributed by atoms with E-state index in [2.05, 4.69) is 83.8 Å². The molecular formula is C33H22N2. The molecule has 0 fully saturated rings. The summed E-state index contributed by atoms with van der Waals surface area (Å²) in [5, 5.41) is 0. The SMILES string of the molecule is c1ccc2c(c1)Cc1ccc3c(c1-2)-c1c(cc2c4c1Cc1ccccc1N4c1cccnc1C2)C3. The molecule has 0 N–H and O–H groups in total. The number of fused-ring (bicyclic) bond motifs is 12. The quantitative estimate of drug-likeness (QED) is 0.240. The molecule has 9 rings (SSSR count). The number of hydrogen-bond acceptors (Lipinski definition) is 2. The minimum absolute atomic E-state index is 0.905. The monoisotopic (exact) mass is 446 g/mol. The van der Waals surface area contributed by atoms with Gasteiger partial charge in [-0.3, -0.25) is 4.98 Å². The summed E-state index contributed by atoms with van der Waals surface area (Å²) < 4.78 is 0. The summed E-state index contributed by atoms with van der Waals surface area (Å²) in [6.45, 7) is 0. The van der Waals surface area contributed by atoms with Gasteiger partial charge in [-0.1, -0.05) is 60.7 Å². The highest BCUT2D eigenvalue weighted by Gasteiger charge is 2.38. The lowest BCUT2D eigenvalue weighted by molar-refractivity contribution is 0.968. The number of nitrogens with zero attached hydrogens (tertiary/aromatic N) is 2. The molecule has 35 heavy (non-hydrogen) atoms. The maximum absolute atomic E-state index is 4.81. The minimum atomic E-state index is 0.905. The Bertz CT molecular complexity index is 1750. The number of anilines is 3. The van der Waals surface area contributed by atoms with Crippen LogP contribution in [0.2, 0.25) is 0 Å². The molecule has 0 amide bonds. The number of pyridine rings is 1. The average molecular weight is 447 g/mol. The minimum Gasteiger partial charge on any atom is -0.308 e. The van der Waals surface area contributed by atoms with Crippen LogP contribution in [0.15, 0.2) is 85.1 Å².